The van der Waals surface area contributed by atoms with Crippen molar-refractivity contribution in [3.05, 3.63) is 69.8 Å². The first kappa shape index (κ1) is 13.9. The molecule has 1 atom stereocenters. The first-order valence-electron chi connectivity index (χ1n) is 5.93. The van der Waals surface area contributed by atoms with Crippen molar-refractivity contribution in [3.63, 3.8) is 0 Å². The molecule has 0 aromatic heterocycles. The molecular weight excluding hydrogens is 266 g/mol. The van der Waals surface area contributed by atoms with Gasteiger partial charge in [0.1, 0.15) is 17.3 Å². The van der Waals surface area contributed by atoms with Gasteiger partial charge in [-0.15, -0.1) is 0 Å². The molecule has 1 N–H and O–H groups in total. The predicted octanol–water partition coefficient (Wildman–Crippen LogP) is 4.05. The van der Waals surface area contributed by atoms with Crippen LogP contribution < -0.4 is 5.32 Å². The van der Waals surface area contributed by atoms with Crippen molar-refractivity contribution >= 4 is 11.4 Å². The number of nitro groups is 1. The number of hydrogen-bond acceptors (Lipinski definition) is 3. The van der Waals surface area contributed by atoms with Crippen LogP contribution in [0.2, 0.25) is 0 Å². The lowest BCUT2D eigenvalue weighted by Gasteiger charge is -2.15. The highest BCUT2D eigenvalue weighted by molar-refractivity contribution is 5.62. The molecule has 0 aliphatic carbocycles. The Morgan fingerprint density at radius 2 is 1.85 bits per heavy atom. The van der Waals surface area contributed by atoms with Gasteiger partial charge in [0.15, 0.2) is 0 Å². The summed E-state index contributed by atoms with van der Waals surface area (Å²) in [4.78, 5) is 10.3. The van der Waals surface area contributed by atoms with E-state index in [0.717, 1.165) is 18.2 Å². The molecule has 0 aliphatic heterocycles. The predicted molar refractivity (Wildman–Crippen MR) is 71.5 cm³/mol. The van der Waals surface area contributed by atoms with Gasteiger partial charge in [0.05, 0.1) is 4.92 Å². The smallest absolute Gasteiger partial charge is 0.292 e. The van der Waals surface area contributed by atoms with Crippen LogP contribution in [0.3, 0.4) is 0 Å². The zero-order valence-electron chi connectivity index (χ0n) is 10.6. The average molecular weight is 278 g/mol. The highest BCUT2D eigenvalue weighted by atomic mass is 19.1. The Bertz CT molecular complexity index is 647. The molecule has 2 rings (SSSR count). The minimum Gasteiger partial charge on any atom is -0.373 e. The van der Waals surface area contributed by atoms with Crippen LogP contribution in [0, 0.1) is 21.7 Å². The van der Waals surface area contributed by atoms with Crippen LogP contribution in [0.5, 0.6) is 0 Å². The van der Waals surface area contributed by atoms with Gasteiger partial charge in [-0.2, -0.15) is 0 Å². The lowest BCUT2D eigenvalue weighted by atomic mass is 10.1. The van der Waals surface area contributed by atoms with Gasteiger partial charge in [-0.25, -0.2) is 8.78 Å². The normalized spacial score (nSPS) is 11.9. The van der Waals surface area contributed by atoms with E-state index in [2.05, 4.69) is 5.32 Å². The molecule has 20 heavy (non-hydrogen) atoms. The topological polar surface area (TPSA) is 55.2 Å². The van der Waals surface area contributed by atoms with Crippen molar-refractivity contribution in [1.29, 1.82) is 0 Å². The Hall–Kier alpha value is -2.50. The Morgan fingerprint density at radius 1 is 1.15 bits per heavy atom. The lowest BCUT2D eigenvalue weighted by molar-refractivity contribution is -0.384. The highest BCUT2D eigenvalue weighted by Gasteiger charge is 2.17. The van der Waals surface area contributed by atoms with Gasteiger partial charge in [0.2, 0.25) is 0 Å². The summed E-state index contributed by atoms with van der Waals surface area (Å²) in [7, 11) is 0. The summed E-state index contributed by atoms with van der Waals surface area (Å²) in [6, 6.07) is 8.63. The van der Waals surface area contributed by atoms with Gasteiger partial charge in [-0.3, -0.25) is 10.1 Å². The molecule has 6 heteroatoms. The van der Waals surface area contributed by atoms with Gasteiger partial charge in [0.25, 0.3) is 5.69 Å². The van der Waals surface area contributed by atoms with Crippen molar-refractivity contribution in [3.8, 4) is 0 Å². The molecule has 0 saturated heterocycles. The number of halogens is 2. The van der Waals surface area contributed by atoms with Crippen LogP contribution in [-0.2, 0) is 0 Å². The summed E-state index contributed by atoms with van der Waals surface area (Å²) in [5.41, 5.74) is 0.449. The maximum atomic E-state index is 13.2. The number of rotatable bonds is 4. The van der Waals surface area contributed by atoms with E-state index in [0.29, 0.717) is 5.56 Å². The molecule has 104 valence electrons. The number of anilines is 1. The van der Waals surface area contributed by atoms with E-state index in [4.69, 9.17) is 0 Å². The molecule has 0 spiro atoms. The number of nitrogens with zero attached hydrogens (tertiary/aromatic N) is 1. The van der Waals surface area contributed by atoms with Crippen molar-refractivity contribution in [2.45, 2.75) is 13.0 Å². The SMILES string of the molecule is CC(Nc1cc(F)ccc1[N+](=O)[O-])c1cccc(F)c1. The van der Waals surface area contributed by atoms with Crippen LogP contribution in [0.15, 0.2) is 42.5 Å². The van der Waals surface area contributed by atoms with E-state index in [1.807, 2.05) is 0 Å². The zero-order valence-corrected chi connectivity index (χ0v) is 10.6. The molecular formula is C14H12F2N2O2. The van der Waals surface area contributed by atoms with E-state index in [9.17, 15) is 18.9 Å². The molecule has 0 bridgehead atoms. The fraction of sp³-hybridized carbons (Fsp3) is 0.143. The van der Waals surface area contributed by atoms with Gasteiger partial charge in [-0.05, 0) is 30.7 Å². The summed E-state index contributed by atoms with van der Waals surface area (Å²) in [6.45, 7) is 1.71. The van der Waals surface area contributed by atoms with E-state index < -0.39 is 22.6 Å². The van der Waals surface area contributed by atoms with Crippen molar-refractivity contribution in [2.75, 3.05) is 5.32 Å². The molecule has 2 aromatic carbocycles. The summed E-state index contributed by atoms with van der Waals surface area (Å²) in [5, 5.41) is 13.7. The minimum absolute atomic E-state index is 0.0618. The third-order valence-electron chi connectivity index (χ3n) is 2.88. The molecule has 0 aliphatic rings. The van der Waals surface area contributed by atoms with E-state index >= 15 is 0 Å². The quantitative estimate of drug-likeness (QED) is 0.678. The second kappa shape index (κ2) is 5.64. The Labute approximate surface area is 114 Å². The molecule has 2 aromatic rings. The van der Waals surface area contributed by atoms with Gasteiger partial charge >= 0.3 is 0 Å². The Kier molecular flexibility index (Phi) is 3.93. The van der Waals surface area contributed by atoms with Crippen LogP contribution in [0.25, 0.3) is 0 Å². The van der Waals surface area contributed by atoms with Crippen molar-refractivity contribution < 1.29 is 13.7 Å². The molecule has 0 fully saturated rings. The lowest BCUT2D eigenvalue weighted by Crippen LogP contribution is -2.09. The number of nitro benzene ring substituents is 1. The molecule has 0 amide bonds. The monoisotopic (exact) mass is 278 g/mol. The van der Waals surface area contributed by atoms with Crippen LogP contribution in [-0.4, -0.2) is 4.92 Å². The molecule has 0 saturated carbocycles. The fourth-order valence-corrected chi connectivity index (χ4v) is 1.88. The number of benzene rings is 2. The molecule has 1 unspecified atom stereocenters. The summed E-state index contributed by atoms with van der Waals surface area (Å²) >= 11 is 0. The Balaban J connectivity index is 2.29. The number of nitrogens with one attached hydrogen (secondary N) is 1. The van der Waals surface area contributed by atoms with E-state index in [-0.39, 0.29) is 11.4 Å². The minimum atomic E-state index is -0.597. The van der Waals surface area contributed by atoms with E-state index in [1.54, 1.807) is 19.1 Å². The van der Waals surface area contributed by atoms with Crippen molar-refractivity contribution in [1.82, 2.24) is 0 Å². The maximum absolute atomic E-state index is 13.2. The summed E-state index contributed by atoms with van der Waals surface area (Å²) < 4.78 is 26.3. The van der Waals surface area contributed by atoms with Crippen LogP contribution in [0.4, 0.5) is 20.2 Å². The highest BCUT2D eigenvalue weighted by Crippen LogP contribution is 2.28. The largest absolute Gasteiger partial charge is 0.373 e. The van der Waals surface area contributed by atoms with Crippen LogP contribution >= 0.6 is 0 Å². The van der Waals surface area contributed by atoms with E-state index in [1.165, 1.54) is 12.1 Å². The van der Waals surface area contributed by atoms with Crippen molar-refractivity contribution in [2.24, 2.45) is 0 Å². The maximum Gasteiger partial charge on any atom is 0.292 e. The second-order valence-electron chi connectivity index (χ2n) is 4.34. The second-order valence-corrected chi connectivity index (χ2v) is 4.34. The zero-order chi connectivity index (χ0) is 14.7. The molecule has 4 nitrogen and oxygen atoms in total. The summed E-state index contributed by atoms with van der Waals surface area (Å²) in [5.74, 6) is -0.977. The molecule has 0 radical (unpaired) electrons. The standard InChI is InChI=1S/C14H12F2N2O2/c1-9(10-3-2-4-11(15)7-10)17-13-8-12(16)5-6-14(13)18(19)20/h2-9,17H,1H3. The molecule has 0 heterocycles. The first-order chi connectivity index (χ1) is 9.47. The van der Waals surface area contributed by atoms with Gasteiger partial charge < -0.3 is 5.32 Å². The summed E-state index contributed by atoms with van der Waals surface area (Å²) in [6.07, 6.45) is 0. The Morgan fingerprint density at radius 3 is 2.50 bits per heavy atom. The first-order valence-corrected chi connectivity index (χ1v) is 5.93. The third-order valence-corrected chi connectivity index (χ3v) is 2.88. The number of hydrogen-bond donors (Lipinski definition) is 1. The fourth-order valence-electron chi connectivity index (χ4n) is 1.88. The third kappa shape index (κ3) is 3.09. The van der Waals surface area contributed by atoms with Crippen LogP contribution in [0.1, 0.15) is 18.5 Å². The van der Waals surface area contributed by atoms with Gasteiger partial charge in [0, 0.05) is 18.2 Å². The average Bonchev–Trinajstić information content (AvgIpc) is 2.38. The van der Waals surface area contributed by atoms with Gasteiger partial charge in [-0.1, -0.05) is 12.1 Å².